The molecule has 0 radical (unpaired) electrons. The van der Waals surface area contributed by atoms with Gasteiger partial charge in [0.05, 0.1) is 12.1 Å². The van der Waals surface area contributed by atoms with Gasteiger partial charge in [0.25, 0.3) is 5.91 Å². The van der Waals surface area contributed by atoms with E-state index in [9.17, 15) is 22.8 Å². The Bertz CT molecular complexity index is 872. The molecule has 0 saturated carbocycles. The van der Waals surface area contributed by atoms with Crippen molar-refractivity contribution in [2.45, 2.75) is 13.1 Å². The molecule has 0 heterocycles. The Labute approximate surface area is 168 Å². The molecule has 2 amide bonds. The monoisotopic (exact) mass is 458 g/mol. The van der Waals surface area contributed by atoms with Crippen LogP contribution < -0.4 is 10.1 Å². The van der Waals surface area contributed by atoms with Gasteiger partial charge in [-0.15, -0.1) is 0 Å². The molecule has 0 fully saturated rings. The summed E-state index contributed by atoms with van der Waals surface area (Å²) < 4.78 is 44.7. The normalized spacial score (nSPS) is 11.1. The van der Waals surface area contributed by atoms with Gasteiger partial charge < -0.3 is 15.0 Å². The van der Waals surface area contributed by atoms with Crippen molar-refractivity contribution in [3.05, 3.63) is 58.1 Å². The molecule has 9 heteroatoms. The van der Waals surface area contributed by atoms with Gasteiger partial charge in [-0.2, -0.15) is 13.2 Å². The number of aryl methyl sites for hydroxylation is 1. The molecule has 0 aromatic heterocycles. The van der Waals surface area contributed by atoms with Gasteiger partial charge in [0.15, 0.2) is 6.61 Å². The summed E-state index contributed by atoms with van der Waals surface area (Å²) in [7, 11) is 1.37. The molecule has 0 aliphatic carbocycles. The van der Waals surface area contributed by atoms with Gasteiger partial charge in [0.1, 0.15) is 5.75 Å². The highest BCUT2D eigenvalue weighted by Gasteiger charge is 2.34. The van der Waals surface area contributed by atoms with Crippen LogP contribution in [0.1, 0.15) is 11.1 Å². The maximum Gasteiger partial charge on any atom is 0.419 e. The molecule has 5 nitrogen and oxygen atoms in total. The van der Waals surface area contributed by atoms with Crippen LogP contribution in [0.15, 0.2) is 46.9 Å². The van der Waals surface area contributed by atoms with E-state index in [1.807, 2.05) is 13.0 Å². The van der Waals surface area contributed by atoms with Crippen LogP contribution in [0.5, 0.6) is 5.75 Å². The lowest BCUT2D eigenvalue weighted by molar-refractivity contribution is -0.141. The smallest absolute Gasteiger partial charge is 0.419 e. The minimum absolute atomic E-state index is 0.265. The summed E-state index contributed by atoms with van der Waals surface area (Å²) in [6.07, 6.45) is -4.59. The summed E-state index contributed by atoms with van der Waals surface area (Å²) in [6, 6.07) is 9.94. The molecule has 0 aliphatic heterocycles. The van der Waals surface area contributed by atoms with Crippen LogP contribution in [0, 0.1) is 6.92 Å². The molecule has 1 N–H and O–H groups in total. The standard InChI is InChI=1S/C19H18BrF3N2O3/c1-12-9-13(20)7-8-15(12)24-17(26)10-25(2)18(27)11-28-16-6-4-3-5-14(16)19(21,22)23/h3-9H,10-11H2,1-2H3,(H,24,26). The number of hydrogen-bond acceptors (Lipinski definition) is 3. The van der Waals surface area contributed by atoms with Gasteiger partial charge in [-0.05, 0) is 42.8 Å². The van der Waals surface area contributed by atoms with Crippen molar-refractivity contribution in [2.75, 3.05) is 25.5 Å². The topological polar surface area (TPSA) is 58.6 Å². The van der Waals surface area contributed by atoms with E-state index in [0.29, 0.717) is 5.69 Å². The number of ether oxygens (including phenoxy) is 1. The highest BCUT2D eigenvalue weighted by Crippen LogP contribution is 2.35. The number of nitrogens with one attached hydrogen (secondary N) is 1. The van der Waals surface area contributed by atoms with E-state index in [4.69, 9.17) is 4.74 Å². The maximum absolute atomic E-state index is 12.9. The molecule has 0 aliphatic rings. The first kappa shape index (κ1) is 21.7. The molecule has 0 spiro atoms. The van der Waals surface area contributed by atoms with E-state index in [0.717, 1.165) is 27.1 Å². The van der Waals surface area contributed by atoms with Crippen LogP contribution in [0.2, 0.25) is 0 Å². The van der Waals surface area contributed by atoms with Crippen LogP contribution in [-0.4, -0.2) is 36.9 Å². The Balaban J connectivity index is 1.92. The molecule has 0 atom stereocenters. The zero-order valence-corrected chi connectivity index (χ0v) is 16.7. The summed E-state index contributed by atoms with van der Waals surface area (Å²) in [6.45, 7) is 0.938. The van der Waals surface area contributed by atoms with Crippen LogP contribution in [0.4, 0.5) is 18.9 Å². The first-order chi connectivity index (χ1) is 13.1. The number of alkyl halides is 3. The Morgan fingerprint density at radius 3 is 2.50 bits per heavy atom. The first-order valence-electron chi connectivity index (χ1n) is 8.17. The van der Waals surface area contributed by atoms with Crippen LogP contribution in [-0.2, 0) is 15.8 Å². The largest absolute Gasteiger partial charge is 0.483 e. The fraction of sp³-hybridized carbons (Fsp3) is 0.263. The highest BCUT2D eigenvalue weighted by atomic mass is 79.9. The van der Waals surface area contributed by atoms with Crippen molar-refractivity contribution >= 4 is 33.4 Å². The van der Waals surface area contributed by atoms with Gasteiger partial charge in [-0.3, -0.25) is 9.59 Å². The van der Waals surface area contributed by atoms with Gasteiger partial charge >= 0.3 is 6.18 Å². The second kappa shape index (κ2) is 9.09. The molecular weight excluding hydrogens is 441 g/mol. The fourth-order valence-electron chi connectivity index (χ4n) is 2.34. The van der Waals surface area contributed by atoms with E-state index in [2.05, 4.69) is 21.2 Å². The minimum atomic E-state index is -4.59. The maximum atomic E-state index is 12.9. The van der Waals surface area contributed by atoms with Gasteiger partial charge in [0, 0.05) is 17.2 Å². The minimum Gasteiger partial charge on any atom is -0.483 e. The fourth-order valence-corrected chi connectivity index (χ4v) is 2.81. The number of likely N-dealkylation sites (N-methyl/N-ethyl adjacent to an activating group) is 1. The quantitative estimate of drug-likeness (QED) is 0.703. The Morgan fingerprint density at radius 2 is 1.86 bits per heavy atom. The molecule has 0 saturated heterocycles. The number of rotatable bonds is 6. The first-order valence-corrected chi connectivity index (χ1v) is 8.96. The molecule has 28 heavy (non-hydrogen) atoms. The van der Waals surface area contributed by atoms with E-state index >= 15 is 0 Å². The Hall–Kier alpha value is -2.55. The number of carbonyl (C=O) groups excluding carboxylic acids is 2. The molecule has 2 aromatic rings. The lowest BCUT2D eigenvalue weighted by Gasteiger charge is -2.19. The number of para-hydroxylation sites is 1. The second-order valence-electron chi connectivity index (χ2n) is 6.04. The van der Waals surface area contributed by atoms with Crippen molar-refractivity contribution < 1.29 is 27.5 Å². The van der Waals surface area contributed by atoms with Crippen molar-refractivity contribution in [3.63, 3.8) is 0 Å². The number of carbonyl (C=O) groups is 2. The zero-order valence-electron chi connectivity index (χ0n) is 15.1. The van der Waals surface area contributed by atoms with Crippen molar-refractivity contribution in [3.8, 4) is 5.75 Å². The highest BCUT2D eigenvalue weighted by molar-refractivity contribution is 9.10. The number of halogens is 4. The SMILES string of the molecule is Cc1cc(Br)ccc1NC(=O)CN(C)C(=O)COc1ccccc1C(F)(F)F. The lowest BCUT2D eigenvalue weighted by Crippen LogP contribution is -2.37. The average molecular weight is 459 g/mol. The summed E-state index contributed by atoms with van der Waals surface area (Å²) in [5.41, 5.74) is 0.474. The summed E-state index contributed by atoms with van der Waals surface area (Å²) >= 11 is 3.33. The molecule has 0 bridgehead atoms. The number of nitrogens with zero attached hydrogens (tertiary/aromatic N) is 1. The third-order valence-electron chi connectivity index (χ3n) is 3.81. The number of anilines is 1. The van der Waals surface area contributed by atoms with Crippen molar-refractivity contribution in [2.24, 2.45) is 0 Å². The van der Waals surface area contributed by atoms with E-state index in [1.54, 1.807) is 12.1 Å². The number of amides is 2. The van der Waals surface area contributed by atoms with Crippen LogP contribution >= 0.6 is 15.9 Å². The number of hydrogen-bond donors (Lipinski definition) is 1. The summed E-state index contributed by atoms with van der Waals surface area (Å²) in [5.74, 6) is -1.50. The Morgan fingerprint density at radius 1 is 1.18 bits per heavy atom. The van der Waals surface area contributed by atoms with Crippen LogP contribution in [0.25, 0.3) is 0 Å². The van der Waals surface area contributed by atoms with E-state index < -0.39 is 35.9 Å². The van der Waals surface area contributed by atoms with Gasteiger partial charge in [0.2, 0.25) is 5.91 Å². The van der Waals surface area contributed by atoms with Crippen molar-refractivity contribution in [1.29, 1.82) is 0 Å². The third-order valence-corrected chi connectivity index (χ3v) is 4.31. The molecule has 2 aromatic carbocycles. The third kappa shape index (κ3) is 5.98. The Kier molecular flexibility index (Phi) is 7.06. The molecule has 2 rings (SSSR count). The zero-order chi connectivity index (χ0) is 20.9. The van der Waals surface area contributed by atoms with Crippen molar-refractivity contribution in [1.82, 2.24) is 4.90 Å². The van der Waals surface area contributed by atoms with E-state index in [-0.39, 0.29) is 6.54 Å². The van der Waals surface area contributed by atoms with E-state index in [1.165, 1.54) is 19.2 Å². The van der Waals surface area contributed by atoms with Gasteiger partial charge in [-0.1, -0.05) is 28.1 Å². The second-order valence-corrected chi connectivity index (χ2v) is 6.96. The number of benzene rings is 2. The summed E-state index contributed by atoms with van der Waals surface area (Å²) in [4.78, 5) is 25.3. The molecule has 150 valence electrons. The predicted molar refractivity (Wildman–Crippen MR) is 102 cm³/mol. The predicted octanol–water partition coefficient (Wildman–Crippen LogP) is 4.25. The molecular formula is C19H18BrF3N2O3. The van der Waals surface area contributed by atoms with Gasteiger partial charge in [-0.25, -0.2) is 0 Å². The average Bonchev–Trinajstić information content (AvgIpc) is 2.61. The molecule has 0 unspecified atom stereocenters. The van der Waals surface area contributed by atoms with Crippen LogP contribution in [0.3, 0.4) is 0 Å². The summed E-state index contributed by atoms with van der Waals surface area (Å²) in [5, 5.41) is 2.68. The lowest BCUT2D eigenvalue weighted by atomic mass is 10.2.